The molecular weight excluding hydrogens is 315 g/mol. The molecule has 0 bridgehead atoms. The summed E-state index contributed by atoms with van der Waals surface area (Å²) in [6, 6.07) is 6.85. The maximum atomic E-state index is 6.11. The minimum Gasteiger partial charge on any atom is -0.454 e. The van der Waals surface area contributed by atoms with Crippen LogP contribution in [0.2, 0.25) is 10.0 Å². The highest BCUT2D eigenvalue weighted by Gasteiger charge is 2.16. The van der Waals surface area contributed by atoms with Gasteiger partial charge in [-0.25, -0.2) is 0 Å². The van der Waals surface area contributed by atoms with Crippen LogP contribution in [0.25, 0.3) is 0 Å². The van der Waals surface area contributed by atoms with E-state index in [2.05, 4.69) is 10.3 Å². The molecule has 2 heterocycles. The highest BCUT2D eigenvalue weighted by Crippen LogP contribution is 2.38. The number of nitrogens with zero attached hydrogens (tertiary/aromatic N) is 1. The van der Waals surface area contributed by atoms with Crippen LogP contribution < -0.4 is 19.5 Å². The second kappa shape index (κ2) is 5.87. The molecule has 0 spiro atoms. The minimum absolute atomic E-state index is 0.212. The van der Waals surface area contributed by atoms with Gasteiger partial charge < -0.3 is 19.5 Å². The quantitative estimate of drug-likeness (QED) is 0.905. The van der Waals surface area contributed by atoms with Gasteiger partial charge in [0.15, 0.2) is 11.5 Å². The molecule has 1 aromatic heterocycles. The third-order valence-electron chi connectivity index (χ3n) is 2.80. The number of hydrogen-bond donors (Lipinski definition) is 1. The summed E-state index contributed by atoms with van der Waals surface area (Å²) in [6.45, 7) is 2.85. The van der Waals surface area contributed by atoms with Crippen LogP contribution in [0, 0.1) is 0 Å². The largest absolute Gasteiger partial charge is 0.454 e. The molecule has 1 aliphatic heterocycles. The van der Waals surface area contributed by atoms with Gasteiger partial charge in [-0.05, 0) is 25.1 Å². The molecule has 7 heteroatoms. The predicted molar refractivity (Wildman–Crippen MR) is 81.1 cm³/mol. The van der Waals surface area contributed by atoms with Crippen molar-refractivity contribution in [2.45, 2.75) is 6.92 Å². The number of ether oxygens (including phenoxy) is 3. The topological polar surface area (TPSA) is 52.6 Å². The monoisotopic (exact) mass is 326 g/mol. The number of rotatable bonds is 4. The maximum Gasteiger partial charge on any atom is 0.240 e. The number of fused-ring (bicyclic) bond motifs is 1. The maximum absolute atomic E-state index is 6.11. The molecule has 0 amide bonds. The van der Waals surface area contributed by atoms with Crippen LogP contribution in [0.5, 0.6) is 23.1 Å². The Labute approximate surface area is 131 Å². The number of halogens is 2. The lowest BCUT2D eigenvalue weighted by atomic mass is 10.3. The first kappa shape index (κ1) is 14.1. The minimum atomic E-state index is 0.212. The van der Waals surface area contributed by atoms with Crippen molar-refractivity contribution in [2.24, 2.45) is 0 Å². The molecule has 1 aliphatic rings. The number of aromatic nitrogens is 1. The van der Waals surface area contributed by atoms with E-state index in [0.29, 0.717) is 39.7 Å². The first-order valence-corrected chi connectivity index (χ1v) is 7.10. The van der Waals surface area contributed by atoms with Gasteiger partial charge in [-0.1, -0.05) is 23.2 Å². The summed E-state index contributed by atoms with van der Waals surface area (Å²) in [5.41, 5.74) is 0. The lowest BCUT2D eigenvalue weighted by Gasteiger charge is -2.11. The second-order valence-electron chi connectivity index (χ2n) is 4.25. The number of pyridine rings is 1. The van der Waals surface area contributed by atoms with Crippen molar-refractivity contribution in [1.82, 2.24) is 4.98 Å². The van der Waals surface area contributed by atoms with E-state index in [0.717, 1.165) is 0 Å². The van der Waals surface area contributed by atoms with Crippen molar-refractivity contribution >= 4 is 29.0 Å². The lowest BCUT2D eigenvalue weighted by molar-refractivity contribution is 0.174. The highest BCUT2D eigenvalue weighted by molar-refractivity contribution is 6.36. The van der Waals surface area contributed by atoms with Crippen molar-refractivity contribution in [1.29, 1.82) is 0 Å². The molecule has 0 fully saturated rings. The van der Waals surface area contributed by atoms with Crippen LogP contribution in [0.3, 0.4) is 0 Å². The van der Waals surface area contributed by atoms with Crippen molar-refractivity contribution < 1.29 is 14.2 Å². The summed E-state index contributed by atoms with van der Waals surface area (Å²) >= 11 is 12.2. The van der Waals surface area contributed by atoms with Gasteiger partial charge in [-0.3, -0.25) is 0 Å². The zero-order valence-electron chi connectivity index (χ0n) is 11.2. The molecular formula is C14H12Cl2N2O3. The third-order valence-corrected chi connectivity index (χ3v) is 3.36. The number of nitrogens with one attached hydrogen (secondary N) is 1. The number of anilines is 1. The fraction of sp³-hybridized carbons (Fsp3) is 0.214. The molecule has 0 unspecified atom stereocenters. The van der Waals surface area contributed by atoms with E-state index < -0.39 is 0 Å². The first-order chi connectivity index (χ1) is 10.2. The fourth-order valence-corrected chi connectivity index (χ4v) is 2.33. The molecule has 21 heavy (non-hydrogen) atoms. The average Bonchev–Trinajstić information content (AvgIpc) is 2.92. The molecule has 0 saturated carbocycles. The fourth-order valence-electron chi connectivity index (χ4n) is 1.86. The Bertz CT molecular complexity index is 680. The van der Waals surface area contributed by atoms with Crippen molar-refractivity contribution in [2.75, 3.05) is 18.7 Å². The Kier molecular flexibility index (Phi) is 3.94. The standard InChI is InChI=1S/C14H12Cl2N2O3/c1-2-17-13-9(15)6-10(16)14(18-13)21-8-3-4-11-12(5-8)20-7-19-11/h3-6H,2,7H2,1H3,(H,17,18). The van der Waals surface area contributed by atoms with Crippen LogP contribution in [-0.2, 0) is 0 Å². The highest BCUT2D eigenvalue weighted by atomic mass is 35.5. The van der Waals surface area contributed by atoms with E-state index in [9.17, 15) is 0 Å². The molecule has 5 nitrogen and oxygen atoms in total. The van der Waals surface area contributed by atoms with Crippen LogP contribution in [0.1, 0.15) is 6.92 Å². The summed E-state index contributed by atoms with van der Waals surface area (Å²) in [4.78, 5) is 4.28. The van der Waals surface area contributed by atoms with E-state index in [1.54, 1.807) is 24.3 Å². The molecule has 1 N–H and O–H groups in total. The van der Waals surface area contributed by atoms with E-state index in [-0.39, 0.29) is 12.7 Å². The molecule has 0 saturated heterocycles. The molecule has 0 radical (unpaired) electrons. The van der Waals surface area contributed by atoms with Crippen molar-refractivity contribution in [3.8, 4) is 23.1 Å². The van der Waals surface area contributed by atoms with E-state index in [1.807, 2.05) is 6.92 Å². The summed E-state index contributed by atoms with van der Waals surface area (Å²) in [7, 11) is 0. The Morgan fingerprint density at radius 2 is 2.00 bits per heavy atom. The summed E-state index contributed by atoms with van der Waals surface area (Å²) in [6.07, 6.45) is 0. The summed E-state index contributed by atoms with van der Waals surface area (Å²) in [5, 5.41) is 3.82. The van der Waals surface area contributed by atoms with Gasteiger partial charge in [0.2, 0.25) is 12.7 Å². The zero-order valence-corrected chi connectivity index (χ0v) is 12.7. The summed E-state index contributed by atoms with van der Waals surface area (Å²) < 4.78 is 16.2. The van der Waals surface area contributed by atoms with E-state index in [4.69, 9.17) is 37.4 Å². The van der Waals surface area contributed by atoms with E-state index in [1.165, 1.54) is 0 Å². The van der Waals surface area contributed by atoms with E-state index >= 15 is 0 Å². The van der Waals surface area contributed by atoms with Crippen molar-refractivity contribution in [3.63, 3.8) is 0 Å². The van der Waals surface area contributed by atoms with Gasteiger partial charge >= 0.3 is 0 Å². The van der Waals surface area contributed by atoms with Crippen molar-refractivity contribution in [3.05, 3.63) is 34.3 Å². The van der Waals surface area contributed by atoms with Gasteiger partial charge in [0.1, 0.15) is 16.6 Å². The second-order valence-corrected chi connectivity index (χ2v) is 5.07. The predicted octanol–water partition coefficient (Wildman–Crippen LogP) is 4.34. The average molecular weight is 327 g/mol. The summed E-state index contributed by atoms with van der Waals surface area (Å²) in [5.74, 6) is 2.67. The normalized spacial score (nSPS) is 12.3. The lowest BCUT2D eigenvalue weighted by Crippen LogP contribution is -2.01. The van der Waals surface area contributed by atoms with Gasteiger partial charge in [0.05, 0.1) is 5.02 Å². The van der Waals surface area contributed by atoms with Crippen LogP contribution in [-0.4, -0.2) is 18.3 Å². The van der Waals surface area contributed by atoms with Gasteiger partial charge in [0.25, 0.3) is 0 Å². The zero-order chi connectivity index (χ0) is 14.8. The Morgan fingerprint density at radius 1 is 1.19 bits per heavy atom. The van der Waals surface area contributed by atoms with Crippen LogP contribution >= 0.6 is 23.2 Å². The number of hydrogen-bond acceptors (Lipinski definition) is 5. The first-order valence-electron chi connectivity index (χ1n) is 6.35. The molecule has 110 valence electrons. The Hall–Kier alpha value is -1.85. The molecule has 0 aliphatic carbocycles. The van der Waals surface area contributed by atoms with Gasteiger partial charge in [0, 0.05) is 12.6 Å². The molecule has 0 atom stereocenters. The molecule has 3 rings (SSSR count). The third kappa shape index (κ3) is 2.94. The number of benzene rings is 1. The smallest absolute Gasteiger partial charge is 0.240 e. The van der Waals surface area contributed by atoms with Crippen LogP contribution in [0.15, 0.2) is 24.3 Å². The van der Waals surface area contributed by atoms with Gasteiger partial charge in [-0.15, -0.1) is 0 Å². The molecule has 1 aromatic carbocycles. The Balaban J connectivity index is 1.88. The SMILES string of the molecule is CCNc1nc(Oc2ccc3c(c2)OCO3)c(Cl)cc1Cl. The Morgan fingerprint density at radius 3 is 2.81 bits per heavy atom. The van der Waals surface area contributed by atoms with Gasteiger partial charge in [-0.2, -0.15) is 4.98 Å². The van der Waals surface area contributed by atoms with Crippen LogP contribution in [0.4, 0.5) is 5.82 Å². The molecule has 2 aromatic rings.